The lowest BCUT2D eigenvalue weighted by atomic mass is 9.81. The highest BCUT2D eigenvalue weighted by molar-refractivity contribution is 5.68. The smallest absolute Gasteiger partial charge is 0.306 e. The first-order chi connectivity index (χ1) is 6.34. The molecular formula is C10H19NO3. The van der Waals surface area contributed by atoms with E-state index in [1.165, 1.54) is 0 Å². The van der Waals surface area contributed by atoms with Crippen LogP contribution < -0.4 is 0 Å². The van der Waals surface area contributed by atoms with E-state index in [0.29, 0.717) is 12.8 Å². The second-order valence-electron chi connectivity index (χ2n) is 4.57. The quantitative estimate of drug-likeness (QED) is 0.690. The summed E-state index contributed by atoms with van der Waals surface area (Å²) in [5.74, 6) is -0.920. The largest absolute Gasteiger partial charge is 0.481 e. The molecule has 0 aromatic rings. The van der Waals surface area contributed by atoms with Crippen LogP contribution in [0.5, 0.6) is 0 Å². The number of piperidine rings is 1. The molecule has 4 nitrogen and oxygen atoms in total. The van der Waals surface area contributed by atoms with E-state index in [-0.39, 0.29) is 18.5 Å². The summed E-state index contributed by atoms with van der Waals surface area (Å²) >= 11 is 0. The molecule has 1 saturated heterocycles. The number of nitrogens with zero attached hydrogens (tertiary/aromatic N) is 1. The standard InChI is InChI=1S/C10H19NO3/c1-7-4-10(14,6-9(12)13)5-8(2)11(7)3/h7-8,14H,4-6H2,1-3H3,(H,12,13). The van der Waals surface area contributed by atoms with Gasteiger partial charge in [-0.15, -0.1) is 0 Å². The molecule has 1 rings (SSSR count). The molecule has 2 unspecified atom stereocenters. The van der Waals surface area contributed by atoms with Crippen LogP contribution in [0.4, 0.5) is 0 Å². The van der Waals surface area contributed by atoms with E-state index in [9.17, 15) is 9.90 Å². The van der Waals surface area contributed by atoms with Crippen LogP contribution in [0.3, 0.4) is 0 Å². The number of carboxylic acids is 1. The third-order valence-corrected chi connectivity index (χ3v) is 3.22. The van der Waals surface area contributed by atoms with Crippen molar-refractivity contribution in [2.75, 3.05) is 7.05 Å². The molecule has 0 radical (unpaired) electrons. The molecule has 82 valence electrons. The topological polar surface area (TPSA) is 60.8 Å². The predicted molar refractivity (Wildman–Crippen MR) is 53.1 cm³/mol. The average molecular weight is 201 g/mol. The zero-order chi connectivity index (χ0) is 10.9. The maximum atomic E-state index is 10.6. The van der Waals surface area contributed by atoms with Gasteiger partial charge in [0.15, 0.2) is 0 Å². The number of likely N-dealkylation sites (tertiary alicyclic amines) is 1. The molecule has 0 aromatic heterocycles. The van der Waals surface area contributed by atoms with Crippen LogP contribution in [0.2, 0.25) is 0 Å². The van der Waals surface area contributed by atoms with Gasteiger partial charge in [-0.3, -0.25) is 4.79 Å². The first-order valence-corrected chi connectivity index (χ1v) is 5.00. The Morgan fingerprint density at radius 2 is 1.86 bits per heavy atom. The van der Waals surface area contributed by atoms with Gasteiger partial charge in [-0.2, -0.15) is 0 Å². The Morgan fingerprint density at radius 1 is 1.43 bits per heavy atom. The summed E-state index contributed by atoms with van der Waals surface area (Å²) < 4.78 is 0. The summed E-state index contributed by atoms with van der Waals surface area (Å²) in [6, 6.07) is 0.478. The van der Waals surface area contributed by atoms with Gasteiger partial charge < -0.3 is 15.1 Å². The molecule has 0 aliphatic carbocycles. The third-order valence-electron chi connectivity index (χ3n) is 3.22. The Hall–Kier alpha value is -0.610. The van der Waals surface area contributed by atoms with Gasteiger partial charge in [-0.05, 0) is 33.7 Å². The Kier molecular flexibility index (Phi) is 3.17. The van der Waals surface area contributed by atoms with Gasteiger partial charge in [0.05, 0.1) is 12.0 Å². The fourth-order valence-electron chi connectivity index (χ4n) is 2.33. The lowest BCUT2D eigenvalue weighted by Gasteiger charge is -2.44. The summed E-state index contributed by atoms with van der Waals surface area (Å²) in [6.45, 7) is 4.03. The molecule has 14 heavy (non-hydrogen) atoms. The second kappa shape index (κ2) is 3.87. The molecule has 2 atom stereocenters. The summed E-state index contributed by atoms with van der Waals surface area (Å²) in [4.78, 5) is 12.8. The highest BCUT2D eigenvalue weighted by atomic mass is 16.4. The van der Waals surface area contributed by atoms with E-state index in [4.69, 9.17) is 5.11 Å². The van der Waals surface area contributed by atoms with Crippen LogP contribution in [0.15, 0.2) is 0 Å². The Bertz CT molecular complexity index is 217. The maximum Gasteiger partial charge on any atom is 0.306 e. The van der Waals surface area contributed by atoms with E-state index in [1.807, 2.05) is 20.9 Å². The summed E-state index contributed by atoms with van der Waals surface area (Å²) in [5.41, 5.74) is -1.02. The van der Waals surface area contributed by atoms with Crippen molar-refractivity contribution < 1.29 is 15.0 Å². The molecule has 0 bridgehead atoms. The van der Waals surface area contributed by atoms with Crippen molar-refractivity contribution in [3.8, 4) is 0 Å². The first kappa shape index (κ1) is 11.5. The molecule has 0 saturated carbocycles. The third kappa shape index (κ3) is 2.45. The number of rotatable bonds is 2. The lowest BCUT2D eigenvalue weighted by molar-refractivity contribution is -0.146. The van der Waals surface area contributed by atoms with Crippen molar-refractivity contribution in [2.45, 2.75) is 50.8 Å². The predicted octanol–water partition coefficient (Wildman–Crippen LogP) is 0.695. The zero-order valence-electron chi connectivity index (χ0n) is 9.03. The fourth-order valence-corrected chi connectivity index (χ4v) is 2.33. The van der Waals surface area contributed by atoms with Crippen molar-refractivity contribution >= 4 is 5.97 Å². The van der Waals surface area contributed by atoms with Gasteiger partial charge in [-0.25, -0.2) is 0 Å². The van der Waals surface area contributed by atoms with Crippen LogP contribution in [0.25, 0.3) is 0 Å². The maximum absolute atomic E-state index is 10.6. The van der Waals surface area contributed by atoms with Crippen molar-refractivity contribution in [3.05, 3.63) is 0 Å². The van der Waals surface area contributed by atoms with Crippen LogP contribution in [0, 0.1) is 0 Å². The van der Waals surface area contributed by atoms with Gasteiger partial charge in [0.25, 0.3) is 0 Å². The number of hydrogen-bond acceptors (Lipinski definition) is 3. The Morgan fingerprint density at radius 3 is 2.21 bits per heavy atom. The molecule has 0 aromatic carbocycles. The van der Waals surface area contributed by atoms with Crippen LogP contribution in [0.1, 0.15) is 33.1 Å². The highest BCUT2D eigenvalue weighted by Crippen LogP contribution is 2.32. The zero-order valence-corrected chi connectivity index (χ0v) is 9.03. The average Bonchev–Trinajstić information content (AvgIpc) is 1.97. The molecule has 0 amide bonds. The number of hydrogen-bond donors (Lipinski definition) is 2. The molecule has 1 aliphatic rings. The van der Waals surface area contributed by atoms with Crippen LogP contribution in [-0.2, 0) is 4.79 Å². The summed E-state index contributed by atoms with van der Waals surface area (Å²) in [5, 5.41) is 18.8. The number of carbonyl (C=O) groups is 1. The normalized spacial score (nSPS) is 39.7. The van der Waals surface area contributed by atoms with E-state index >= 15 is 0 Å². The molecule has 1 aliphatic heterocycles. The van der Waals surface area contributed by atoms with Gasteiger partial charge >= 0.3 is 5.97 Å². The molecular weight excluding hydrogens is 182 g/mol. The van der Waals surface area contributed by atoms with Gasteiger partial charge in [0.2, 0.25) is 0 Å². The summed E-state index contributed by atoms with van der Waals surface area (Å²) in [6.07, 6.45) is 0.940. The molecule has 1 heterocycles. The SMILES string of the molecule is CC1CC(O)(CC(=O)O)CC(C)N1C. The van der Waals surface area contributed by atoms with Crippen LogP contribution in [-0.4, -0.2) is 45.8 Å². The second-order valence-corrected chi connectivity index (χ2v) is 4.57. The van der Waals surface area contributed by atoms with Crippen molar-refractivity contribution in [3.63, 3.8) is 0 Å². The van der Waals surface area contributed by atoms with E-state index in [1.54, 1.807) is 0 Å². The van der Waals surface area contributed by atoms with E-state index in [2.05, 4.69) is 4.90 Å². The summed E-state index contributed by atoms with van der Waals surface area (Å²) in [7, 11) is 2.01. The van der Waals surface area contributed by atoms with Gasteiger partial charge in [0, 0.05) is 12.1 Å². The minimum atomic E-state index is -1.02. The van der Waals surface area contributed by atoms with Crippen LogP contribution >= 0.6 is 0 Å². The highest BCUT2D eigenvalue weighted by Gasteiger charge is 2.40. The van der Waals surface area contributed by atoms with Crippen molar-refractivity contribution in [1.82, 2.24) is 4.90 Å². The minimum absolute atomic E-state index is 0.143. The minimum Gasteiger partial charge on any atom is -0.481 e. The molecule has 2 N–H and O–H groups in total. The van der Waals surface area contributed by atoms with Crippen molar-refractivity contribution in [2.24, 2.45) is 0 Å². The molecule has 1 fully saturated rings. The number of carboxylic acid groups (broad SMARTS) is 1. The van der Waals surface area contributed by atoms with Crippen molar-refractivity contribution in [1.29, 1.82) is 0 Å². The van der Waals surface area contributed by atoms with Gasteiger partial charge in [-0.1, -0.05) is 0 Å². The fraction of sp³-hybridized carbons (Fsp3) is 0.900. The monoisotopic (exact) mass is 201 g/mol. The molecule has 4 heteroatoms. The molecule has 0 spiro atoms. The Balaban J connectivity index is 2.68. The number of aliphatic carboxylic acids is 1. The number of aliphatic hydroxyl groups is 1. The van der Waals surface area contributed by atoms with Gasteiger partial charge in [0.1, 0.15) is 0 Å². The lowest BCUT2D eigenvalue weighted by Crippen LogP contribution is -2.52. The first-order valence-electron chi connectivity index (χ1n) is 5.00. The van der Waals surface area contributed by atoms with E-state index < -0.39 is 11.6 Å². The van der Waals surface area contributed by atoms with E-state index in [0.717, 1.165) is 0 Å². The Labute approximate surface area is 84.5 Å².